The molecule has 1 aromatic rings. The van der Waals surface area contributed by atoms with Crippen molar-refractivity contribution in [1.29, 1.82) is 0 Å². The van der Waals surface area contributed by atoms with Gasteiger partial charge < -0.3 is 9.47 Å². The third-order valence-electron chi connectivity index (χ3n) is 6.83. The van der Waals surface area contributed by atoms with Crippen LogP contribution in [0.25, 0.3) is 0 Å². The fourth-order valence-electron chi connectivity index (χ4n) is 5.55. The summed E-state index contributed by atoms with van der Waals surface area (Å²) in [6, 6.07) is 4.16. The Morgan fingerprint density at radius 3 is 2.66 bits per heavy atom. The van der Waals surface area contributed by atoms with Gasteiger partial charge in [-0.05, 0) is 50.2 Å². The standard InChI is InChI=1S/C21H31ClN2O4S/c1-27-19-6-7-20(28-2)21-16(19)8-11-23-14-15-5-3-10-24(17(15)13-18(21)23)29(25,26)12-4-9-22/h6-7,15,17-18H,3-5,8-14H2,1-2H3/t15-,17+,18-/m0/s1. The van der Waals surface area contributed by atoms with E-state index in [0.29, 0.717) is 24.8 Å². The van der Waals surface area contributed by atoms with Crippen molar-refractivity contribution in [3.63, 3.8) is 0 Å². The first-order valence-electron chi connectivity index (χ1n) is 10.5. The normalized spacial score (nSPS) is 27.6. The van der Waals surface area contributed by atoms with E-state index >= 15 is 0 Å². The second kappa shape index (κ2) is 8.61. The Morgan fingerprint density at radius 2 is 1.93 bits per heavy atom. The van der Waals surface area contributed by atoms with Gasteiger partial charge in [0.05, 0.1) is 20.0 Å². The molecule has 2 saturated heterocycles. The minimum absolute atomic E-state index is 0.0483. The first-order valence-corrected chi connectivity index (χ1v) is 12.7. The van der Waals surface area contributed by atoms with E-state index in [2.05, 4.69) is 4.90 Å². The smallest absolute Gasteiger partial charge is 0.214 e. The summed E-state index contributed by atoms with van der Waals surface area (Å²) < 4.78 is 39.2. The van der Waals surface area contributed by atoms with Gasteiger partial charge in [-0.25, -0.2) is 8.42 Å². The van der Waals surface area contributed by atoms with Crippen LogP contribution in [0.5, 0.6) is 11.5 Å². The number of ether oxygens (including phenoxy) is 2. The van der Waals surface area contributed by atoms with E-state index in [4.69, 9.17) is 21.1 Å². The lowest BCUT2D eigenvalue weighted by molar-refractivity contribution is 0.0207. The van der Waals surface area contributed by atoms with Gasteiger partial charge in [-0.1, -0.05) is 0 Å². The Labute approximate surface area is 179 Å². The number of benzene rings is 1. The lowest BCUT2D eigenvalue weighted by Crippen LogP contribution is -2.57. The molecule has 3 aliphatic heterocycles. The first kappa shape index (κ1) is 21.2. The summed E-state index contributed by atoms with van der Waals surface area (Å²) in [4.78, 5) is 2.53. The van der Waals surface area contributed by atoms with Gasteiger partial charge in [-0.15, -0.1) is 11.6 Å². The van der Waals surface area contributed by atoms with E-state index in [9.17, 15) is 8.42 Å². The van der Waals surface area contributed by atoms with Gasteiger partial charge in [0.25, 0.3) is 0 Å². The third kappa shape index (κ3) is 3.87. The SMILES string of the molecule is COc1ccc(OC)c2c1CCN1C[C@@H]3CCCN(S(=O)(=O)CCCCl)[C@@H]3C[C@@H]21. The third-order valence-corrected chi connectivity index (χ3v) is 9.07. The first-order chi connectivity index (χ1) is 14.0. The van der Waals surface area contributed by atoms with Crippen LogP contribution in [0.2, 0.25) is 0 Å². The molecule has 6 nitrogen and oxygen atoms in total. The van der Waals surface area contributed by atoms with Crippen molar-refractivity contribution in [2.45, 2.75) is 44.2 Å². The summed E-state index contributed by atoms with van der Waals surface area (Å²) in [5.41, 5.74) is 2.39. The number of piperidine rings is 2. The van der Waals surface area contributed by atoms with Crippen LogP contribution in [0.15, 0.2) is 12.1 Å². The van der Waals surface area contributed by atoms with E-state index < -0.39 is 10.0 Å². The second-order valence-corrected chi connectivity index (χ2v) is 10.7. The Kier molecular flexibility index (Phi) is 6.30. The molecule has 4 rings (SSSR count). The van der Waals surface area contributed by atoms with E-state index in [1.54, 1.807) is 18.5 Å². The van der Waals surface area contributed by atoms with Crippen molar-refractivity contribution in [2.24, 2.45) is 5.92 Å². The predicted octanol–water partition coefficient (Wildman–Crippen LogP) is 3.05. The summed E-state index contributed by atoms with van der Waals surface area (Å²) in [5.74, 6) is 2.69. The minimum atomic E-state index is -3.29. The van der Waals surface area contributed by atoms with Crippen molar-refractivity contribution in [3.05, 3.63) is 23.3 Å². The number of alkyl halides is 1. The number of rotatable bonds is 6. The molecular weight excluding hydrogens is 412 g/mol. The average molecular weight is 443 g/mol. The molecule has 2 fully saturated rings. The van der Waals surface area contributed by atoms with Gasteiger partial charge in [0.15, 0.2) is 0 Å². The fraction of sp³-hybridized carbons (Fsp3) is 0.714. The van der Waals surface area contributed by atoms with Gasteiger partial charge in [0, 0.05) is 48.7 Å². The topological polar surface area (TPSA) is 59.1 Å². The highest BCUT2D eigenvalue weighted by molar-refractivity contribution is 7.89. The van der Waals surface area contributed by atoms with Crippen molar-refractivity contribution < 1.29 is 17.9 Å². The largest absolute Gasteiger partial charge is 0.496 e. The summed E-state index contributed by atoms with van der Waals surface area (Å²) in [6.45, 7) is 2.54. The second-order valence-electron chi connectivity index (χ2n) is 8.30. The maximum atomic E-state index is 13.0. The van der Waals surface area contributed by atoms with Crippen LogP contribution in [0.4, 0.5) is 0 Å². The molecular formula is C21H31ClN2O4S. The Hall–Kier alpha value is -1.02. The molecule has 3 atom stereocenters. The number of fused-ring (bicyclic) bond motifs is 4. The van der Waals surface area contributed by atoms with Crippen LogP contribution in [0, 0.1) is 5.92 Å². The zero-order chi connectivity index (χ0) is 20.6. The molecule has 0 radical (unpaired) electrons. The van der Waals surface area contributed by atoms with Crippen LogP contribution in [0.1, 0.15) is 42.9 Å². The molecule has 0 N–H and O–H groups in total. The maximum absolute atomic E-state index is 13.0. The van der Waals surface area contributed by atoms with Gasteiger partial charge in [-0.2, -0.15) is 4.31 Å². The highest BCUT2D eigenvalue weighted by Gasteiger charge is 2.46. The average Bonchev–Trinajstić information content (AvgIpc) is 2.74. The summed E-state index contributed by atoms with van der Waals surface area (Å²) in [5, 5.41) is 0. The molecule has 0 saturated carbocycles. The number of methoxy groups -OCH3 is 2. The van der Waals surface area contributed by atoms with Crippen LogP contribution >= 0.6 is 11.6 Å². The fourth-order valence-corrected chi connectivity index (χ4v) is 7.66. The van der Waals surface area contributed by atoms with Crippen molar-refractivity contribution in [3.8, 4) is 11.5 Å². The molecule has 0 bridgehead atoms. The van der Waals surface area contributed by atoms with Gasteiger partial charge in [0.1, 0.15) is 11.5 Å². The highest BCUT2D eigenvalue weighted by atomic mass is 35.5. The van der Waals surface area contributed by atoms with Crippen molar-refractivity contribution >= 4 is 21.6 Å². The van der Waals surface area contributed by atoms with Crippen LogP contribution < -0.4 is 9.47 Å². The maximum Gasteiger partial charge on any atom is 0.214 e. The van der Waals surface area contributed by atoms with Crippen molar-refractivity contribution in [2.75, 3.05) is 45.5 Å². The Bertz CT molecular complexity index is 847. The van der Waals surface area contributed by atoms with E-state index in [-0.39, 0.29) is 17.8 Å². The van der Waals surface area contributed by atoms with E-state index in [1.807, 2.05) is 12.1 Å². The number of sulfonamides is 1. The zero-order valence-electron chi connectivity index (χ0n) is 17.3. The summed E-state index contributed by atoms with van der Waals surface area (Å²) in [6.07, 6.45) is 4.27. The minimum Gasteiger partial charge on any atom is -0.496 e. The molecule has 1 aromatic carbocycles. The summed E-state index contributed by atoms with van der Waals surface area (Å²) >= 11 is 5.78. The molecule has 29 heavy (non-hydrogen) atoms. The van der Waals surface area contributed by atoms with Gasteiger partial charge >= 0.3 is 0 Å². The molecule has 0 spiro atoms. The predicted molar refractivity (Wildman–Crippen MR) is 115 cm³/mol. The monoisotopic (exact) mass is 442 g/mol. The lowest BCUT2D eigenvalue weighted by Gasteiger charge is -2.52. The Balaban J connectivity index is 1.68. The van der Waals surface area contributed by atoms with Gasteiger partial charge in [0.2, 0.25) is 10.0 Å². The number of halogens is 1. The van der Waals surface area contributed by atoms with E-state index in [0.717, 1.165) is 50.3 Å². The molecule has 0 aromatic heterocycles. The van der Waals surface area contributed by atoms with E-state index in [1.165, 1.54) is 11.1 Å². The quantitative estimate of drug-likeness (QED) is 0.634. The van der Waals surface area contributed by atoms with Crippen molar-refractivity contribution in [1.82, 2.24) is 9.21 Å². The van der Waals surface area contributed by atoms with Gasteiger partial charge in [-0.3, -0.25) is 4.90 Å². The number of nitrogens with zero attached hydrogens (tertiary/aromatic N) is 2. The molecule has 0 aliphatic carbocycles. The molecule has 0 amide bonds. The summed E-state index contributed by atoms with van der Waals surface area (Å²) in [7, 11) is 0.125. The van der Waals surface area contributed by atoms with Crippen LogP contribution in [-0.2, 0) is 16.4 Å². The van der Waals surface area contributed by atoms with Crippen LogP contribution in [0.3, 0.4) is 0 Å². The number of hydrogen-bond acceptors (Lipinski definition) is 5. The van der Waals surface area contributed by atoms with Crippen LogP contribution in [-0.4, -0.2) is 69.2 Å². The highest BCUT2D eigenvalue weighted by Crippen LogP contribution is 2.48. The lowest BCUT2D eigenvalue weighted by atomic mass is 9.77. The molecule has 162 valence electrons. The molecule has 8 heteroatoms. The molecule has 0 unspecified atom stereocenters. The molecule has 3 heterocycles. The molecule has 3 aliphatic rings. The number of hydrogen-bond donors (Lipinski definition) is 0. The Morgan fingerprint density at radius 1 is 1.17 bits per heavy atom. The zero-order valence-corrected chi connectivity index (χ0v) is 18.8.